The molecular weight excluding hydrogens is 355 g/mol. The van der Waals surface area contributed by atoms with Crippen LogP contribution in [0, 0.1) is 0 Å². The van der Waals surface area contributed by atoms with Crippen LogP contribution in [0.4, 0.5) is 23.7 Å². The van der Waals surface area contributed by atoms with E-state index in [1.54, 1.807) is 0 Å². The van der Waals surface area contributed by atoms with Gasteiger partial charge in [0.15, 0.2) is 0 Å². The zero-order valence-electron chi connectivity index (χ0n) is 13.7. The zero-order valence-corrected chi connectivity index (χ0v) is 13.7. The average molecular weight is 373 g/mol. The molecule has 3 amide bonds. The maximum Gasteiger partial charge on any atom is 0.418 e. The van der Waals surface area contributed by atoms with Crippen molar-refractivity contribution in [1.82, 2.24) is 10.6 Å². The smallest absolute Gasteiger partial charge is 0.418 e. The highest BCUT2D eigenvalue weighted by molar-refractivity contribution is 6.01. The number of alkyl halides is 3. The molecule has 3 N–H and O–H groups in total. The zero-order chi connectivity index (χ0) is 19.3. The van der Waals surface area contributed by atoms with Crippen LogP contribution in [0.25, 0.3) is 0 Å². The maximum atomic E-state index is 13.1. The molecule has 0 saturated carbocycles. The number of anilines is 1. The number of carboxylic acids is 1. The Morgan fingerprint density at radius 1 is 1.27 bits per heavy atom. The highest BCUT2D eigenvalue weighted by Crippen LogP contribution is 2.37. The first-order valence-electron chi connectivity index (χ1n) is 7.94. The second-order valence-electron chi connectivity index (χ2n) is 5.74. The molecule has 0 aliphatic carbocycles. The number of hydrogen-bond acceptors (Lipinski definition) is 3. The third-order valence-corrected chi connectivity index (χ3v) is 3.86. The number of hydrogen-bond donors (Lipinski definition) is 3. The van der Waals surface area contributed by atoms with Crippen molar-refractivity contribution in [2.75, 3.05) is 18.0 Å². The summed E-state index contributed by atoms with van der Waals surface area (Å²) in [4.78, 5) is 35.5. The number of rotatable bonds is 6. The summed E-state index contributed by atoms with van der Waals surface area (Å²) in [5.41, 5.74) is -1.15. The molecule has 1 aliphatic heterocycles. The lowest BCUT2D eigenvalue weighted by Gasteiger charge is -2.21. The van der Waals surface area contributed by atoms with Gasteiger partial charge in [-0.1, -0.05) is 12.1 Å². The molecule has 7 nitrogen and oxygen atoms in total. The summed E-state index contributed by atoms with van der Waals surface area (Å²) in [5, 5.41) is 13.3. The third-order valence-electron chi connectivity index (χ3n) is 3.86. The van der Waals surface area contributed by atoms with Crippen molar-refractivity contribution in [3.63, 3.8) is 0 Å². The predicted octanol–water partition coefficient (Wildman–Crippen LogP) is 1.97. The number of para-hydroxylation sites is 1. The number of nitrogens with zero attached hydrogens (tertiary/aromatic N) is 1. The molecule has 0 radical (unpaired) electrons. The number of carbonyl (C=O) groups is 3. The molecule has 1 aromatic carbocycles. The fraction of sp³-hybridized carbons (Fsp3) is 0.438. The number of benzene rings is 1. The first-order chi connectivity index (χ1) is 12.2. The SMILES string of the molecule is O=C(O)CCCNC(=O)NC1CCN(c2ccccc2C(F)(F)F)C1=O. The van der Waals surface area contributed by atoms with Gasteiger partial charge in [0, 0.05) is 19.5 Å². The molecule has 1 atom stereocenters. The minimum absolute atomic E-state index is 0.0515. The van der Waals surface area contributed by atoms with Crippen LogP contribution in [-0.4, -0.2) is 42.1 Å². The van der Waals surface area contributed by atoms with Crippen LogP contribution in [0.3, 0.4) is 0 Å². The van der Waals surface area contributed by atoms with E-state index in [9.17, 15) is 27.6 Å². The molecule has 1 aromatic rings. The first-order valence-corrected chi connectivity index (χ1v) is 7.94. The summed E-state index contributed by atoms with van der Waals surface area (Å²) in [6.07, 6.45) is -4.30. The first kappa shape index (κ1) is 19.5. The van der Waals surface area contributed by atoms with Crippen molar-refractivity contribution in [1.29, 1.82) is 0 Å². The van der Waals surface area contributed by atoms with E-state index in [1.807, 2.05) is 0 Å². The largest absolute Gasteiger partial charge is 0.481 e. The van der Waals surface area contributed by atoms with E-state index in [4.69, 9.17) is 5.11 Å². The van der Waals surface area contributed by atoms with Gasteiger partial charge in [0.1, 0.15) is 6.04 Å². The summed E-state index contributed by atoms with van der Waals surface area (Å²) in [6.45, 7) is 0.162. The summed E-state index contributed by atoms with van der Waals surface area (Å²) in [5.74, 6) is -1.61. The molecule has 1 aliphatic rings. The van der Waals surface area contributed by atoms with Gasteiger partial charge in [-0.3, -0.25) is 9.59 Å². The molecule has 0 bridgehead atoms. The molecule has 1 unspecified atom stereocenters. The third kappa shape index (κ3) is 4.87. The standard InChI is InChI=1S/C16H18F3N3O4/c17-16(18,19)10-4-1-2-5-12(10)22-9-7-11(14(22)25)21-15(26)20-8-3-6-13(23)24/h1-2,4-5,11H,3,6-9H2,(H,23,24)(H2,20,21,26). The monoisotopic (exact) mass is 373 g/mol. The van der Waals surface area contributed by atoms with Gasteiger partial charge in [-0.15, -0.1) is 0 Å². The van der Waals surface area contributed by atoms with Gasteiger partial charge in [0.25, 0.3) is 0 Å². The quantitative estimate of drug-likeness (QED) is 0.664. The highest BCUT2D eigenvalue weighted by Gasteiger charge is 2.40. The Labute approximate surface area is 147 Å². The van der Waals surface area contributed by atoms with E-state index in [-0.39, 0.29) is 38.0 Å². The number of halogens is 3. The second kappa shape index (κ2) is 8.07. The molecule has 142 valence electrons. The number of urea groups is 1. The Morgan fingerprint density at radius 2 is 1.96 bits per heavy atom. The number of nitrogens with one attached hydrogen (secondary N) is 2. The van der Waals surface area contributed by atoms with Crippen molar-refractivity contribution in [3.8, 4) is 0 Å². The van der Waals surface area contributed by atoms with Gasteiger partial charge < -0.3 is 20.6 Å². The Bertz CT molecular complexity index is 694. The Hall–Kier alpha value is -2.78. The van der Waals surface area contributed by atoms with Crippen molar-refractivity contribution in [3.05, 3.63) is 29.8 Å². The molecule has 1 saturated heterocycles. The molecule has 1 fully saturated rings. The van der Waals surface area contributed by atoms with Crippen LogP contribution >= 0.6 is 0 Å². The van der Waals surface area contributed by atoms with Crippen LogP contribution in [0.1, 0.15) is 24.8 Å². The van der Waals surface area contributed by atoms with Crippen molar-refractivity contribution in [2.24, 2.45) is 0 Å². The maximum absolute atomic E-state index is 13.1. The lowest BCUT2D eigenvalue weighted by Crippen LogP contribution is -2.46. The van der Waals surface area contributed by atoms with Crippen LogP contribution < -0.4 is 15.5 Å². The molecule has 1 heterocycles. The minimum atomic E-state index is -4.59. The van der Waals surface area contributed by atoms with Crippen LogP contribution in [-0.2, 0) is 15.8 Å². The minimum Gasteiger partial charge on any atom is -0.481 e. The van der Waals surface area contributed by atoms with Crippen LogP contribution in [0.15, 0.2) is 24.3 Å². The van der Waals surface area contributed by atoms with Crippen LogP contribution in [0.2, 0.25) is 0 Å². The van der Waals surface area contributed by atoms with Gasteiger partial charge in [-0.25, -0.2) is 4.79 Å². The van der Waals surface area contributed by atoms with Gasteiger partial charge >= 0.3 is 18.2 Å². The van der Waals surface area contributed by atoms with Gasteiger partial charge in [-0.05, 0) is 25.0 Å². The molecular formula is C16H18F3N3O4. The molecule has 2 rings (SSSR count). The number of carbonyl (C=O) groups excluding carboxylic acids is 2. The summed E-state index contributed by atoms with van der Waals surface area (Å²) >= 11 is 0. The Kier molecular flexibility index (Phi) is 6.06. The normalized spacial score (nSPS) is 17.3. The van der Waals surface area contributed by atoms with E-state index >= 15 is 0 Å². The molecule has 10 heteroatoms. The summed E-state index contributed by atoms with van der Waals surface area (Å²) in [6, 6.07) is 3.17. The molecule has 26 heavy (non-hydrogen) atoms. The van der Waals surface area contributed by atoms with Crippen molar-refractivity contribution >= 4 is 23.6 Å². The highest BCUT2D eigenvalue weighted by atomic mass is 19.4. The Balaban J connectivity index is 1.96. The fourth-order valence-electron chi connectivity index (χ4n) is 2.65. The van der Waals surface area contributed by atoms with Gasteiger partial charge in [0.2, 0.25) is 5.91 Å². The van der Waals surface area contributed by atoms with Crippen molar-refractivity contribution in [2.45, 2.75) is 31.5 Å². The summed E-state index contributed by atoms with van der Waals surface area (Å²) in [7, 11) is 0. The summed E-state index contributed by atoms with van der Waals surface area (Å²) < 4.78 is 39.3. The van der Waals surface area contributed by atoms with Crippen molar-refractivity contribution < 1.29 is 32.7 Å². The van der Waals surface area contributed by atoms with Crippen LogP contribution in [0.5, 0.6) is 0 Å². The lowest BCUT2D eigenvalue weighted by molar-refractivity contribution is -0.138. The van der Waals surface area contributed by atoms with Gasteiger partial charge in [0.05, 0.1) is 11.3 Å². The van der Waals surface area contributed by atoms with Gasteiger partial charge in [-0.2, -0.15) is 13.2 Å². The van der Waals surface area contributed by atoms with E-state index in [0.29, 0.717) is 0 Å². The number of amides is 3. The number of aliphatic carboxylic acids is 1. The number of carboxylic acid groups (broad SMARTS) is 1. The lowest BCUT2D eigenvalue weighted by atomic mass is 10.1. The molecule has 0 spiro atoms. The van der Waals surface area contributed by atoms with E-state index in [0.717, 1.165) is 11.0 Å². The topological polar surface area (TPSA) is 98.7 Å². The Morgan fingerprint density at radius 3 is 2.62 bits per heavy atom. The predicted molar refractivity (Wildman–Crippen MR) is 85.6 cm³/mol. The molecule has 0 aromatic heterocycles. The van der Waals surface area contributed by atoms with E-state index < -0.39 is 35.7 Å². The fourth-order valence-corrected chi connectivity index (χ4v) is 2.65. The van der Waals surface area contributed by atoms with E-state index in [2.05, 4.69) is 10.6 Å². The average Bonchev–Trinajstić information content (AvgIpc) is 2.91. The second-order valence-corrected chi connectivity index (χ2v) is 5.74. The van der Waals surface area contributed by atoms with E-state index in [1.165, 1.54) is 18.2 Å².